The molecule has 0 aliphatic rings. The van der Waals surface area contributed by atoms with Gasteiger partial charge in [-0.15, -0.1) is 11.3 Å². The molecular formula is C13H22N4OS. The van der Waals surface area contributed by atoms with Crippen LogP contribution in [0.5, 0.6) is 0 Å². The number of thiazole rings is 1. The van der Waals surface area contributed by atoms with E-state index >= 15 is 0 Å². The monoisotopic (exact) mass is 282 g/mol. The van der Waals surface area contributed by atoms with E-state index in [0.717, 1.165) is 36.8 Å². The number of aromatic nitrogens is 2. The SMILES string of the molecule is CCNCc1c(N(C)CCC(C)O)nc2sccn12. The Balaban J connectivity index is 2.22. The van der Waals surface area contributed by atoms with Gasteiger partial charge in [0.2, 0.25) is 0 Å². The van der Waals surface area contributed by atoms with Crippen molar-refractivity contribution in [2.75, 3.05) is 25.0 Å². The van der Waals surface area contributed by atoms with E-state index in [2.05, 4.69) is 38.1 Å². The van der Waals surface area contributed by atoms with Crippen LogP contribution in [0.25, 0.3) is 4.96 Å². The highest BCUT2D eigenvalue weighted by Gasteiger charge is 2.16. The summed E-state index contributed by atoms with van der Waals surface area (Å²) in [5, 5.41) is 14.8. The standard InChI is InChI=1S/C13H22N4OS/c1-4-14-9-11-12(16(3)6-5-10(2)18)15-13-17(11)7-8-19-13/h7-8,10,14,18H,4-6,9H2,1-3H3. The third-order valence-corrected chi connectivity index (χ3v) is 3.88. The Morgan fingerprint density at radius 2 is 2.37 bits per heavy atom. The highest BCUT2D eigenvalue weighted by Crippen LogP contribution is 2.24. The highest BCUT2D eigenvalue weighted by molar-refractivity contribution is 7.15. The molecule has 106 valence electrons. The van der Waals surface area contributed by atoms with Crippen LogP contribution in [0.4, 0.5) is 5.82 Å². The number of hydrogen-bond acceptors (Lipinski definition) is 5. The Bertz CT molecular complexity index is 520. The number of rotatable bonds is 7. The maximum atomic E-state index is 9.40. The molecule has 0 aliphatic carbocycles. The van der Waals surface area contributed by atoms with E-state index in [1.165, 1.54) is 5.69 Å². The Hall–Kier alpha value is -1.11. The zero-order valence-electron chi connectivity index (χ0n) is 11.8. The van der Waals surface area contributed by atoms with E-state index in [9.17, 15) is 5.11 Å². The predicted molar refractivity (Wildman–Crippen MR) is 80.0 cm³/mol. The van der Waals surface area contributed by atoms with Crippen LogP contribution < -0.4 is 10.2 Å². The third-order valence-electron chi connectivity index (χ3n) is 3.13. The maximum Gasteiger partial charge on any atom is 0.195 e. The molecule has 6 heteroatoms. The van der Waals surface area contributed by atoms with Gasteiger partial charge in [-0.25, -0.2) is 4.98 Å². The van der Waals surface area contributed by atoms with Crippen LogP contribution in [0, 0.1) is 0 Å². The molecule has 2 rings (SSSR count). The lowest BCUT2D eigenvalue weighted by Gasteiger charge is -2.19. The van der Waals surface area contributed by atoms with Gasteiger partial charge in [-0.2, -0.15) is 0 Å². The molecule has 0 spiro atoms. The fourth-order valence-corrected chi connectivity index (χ4v) is 2.75. The van der Waals surface area contributed by atoms with Crippen molar-refractivity contribution in [1.82, 2.24) is 14.7 Å². The van der Waals surface area contributed by atoms with Crippen molar-refractivity contribution in [3.05, 3.63) is 17.3 Å². The van der Waals surface area contributed by atoms with Gasteiger partial charge in [-0.1, -0.05) is 6.92 Å². The lowest BCUT2D eigenvalue weighted by Crippen LogP contribution is -2.24. The van der Waals surface area contributed by atoms with Crippen LogP contribution in [-0.2, 0) is 6.54 Å². The van der Waals surface area contributed by atoms with E-state index in [1.807, 2.05) is 14.0 Å². The van der Waals surface area contributed by atoms with Gasteiger partial charge in [0.1, 0.15) is 0 Å². The molecule has 0 aliphatic heterocycles. The minimum Gasteiger partial charge on any atom is -0.393 e. The number of imidazole rings is 1. The second-order valence-corrected chi connectivity index (χ2v) is 5.65. The first-order valence-electron chi connectivity index (χ1n) is 6.67. The fraction of sp³-hybridized carbons (Fsp3) is 0.615. The molecule has 0 saturated heterocycles. The summed E-state index contributed by atoms with van der Waals surface area (Å²) in [6.07, 6.45) is 2.54. The van der Waals surface area contributed by atoms with E-state index < -0.39 is 0 Å². The summed E-state index contributed by atoms with van der Waals surface area (Å²) in [5.74, 6) is 1.01. The molecule has 0 saturated carbocycles. The van der Waals surface area contributed by atoms with Gasteiger partial charge in [0.15, 0.2) is 10.8 Å². The van der Waals surface area contributed by atoms with Crippen molar-refractivity contribution in [2.24, 2.45) is 0 Å². The van der Waals surface area contributed by atoms with Crippen LogP contribution in [0.1, 0.15) is 26.0 Å². The molecule has 0 bridgehead atoms. The summed E-state index contributed by atoms with van der Waals surface area (Å²) in [4.78, 5) is 7.83. The second-order valence-electron chi connectivity index (χ2n) is 4.78. The van der Waals surface area contributed by atoms with Gasteiger partial charge >= 0.3 is 0 Å². The van der Waals surface area contributed by atoms with Crippen molar-refractivity contribution in [1.29, 1.82) is 0 Å². The number of hydrogen-bond donors (Lipinski definition) is 2. The average Bonchev–Trinajstić information content (AvgIpc) is 2.94. The van der Waals surface area contributed by atoms with Gasteiger partial charge in [0, 0.05) is 31.7 Å². The second kappa shape index (κ2) is 6.36. The molecule has 2 aromatic heterocycles. The Labute approximate surface area is 117 Å². The Morgan fingerprint density at radius 1 is 1.58 bits per heavy atom. The molecule has 2 heterocycles. The number of aliphatic hydroxyl groups excluding tert-OH is 1. The molecular weight excluding hydrogens is 260 g/mol. The van der Waals surface area contributed by atoms with Crippen LogP contribution in [0.15, 0.2) is 11.6 Å². The summed E-state index contributed by atoms with van der Waals surface area (Å²) in [6, 6.07) is 0. The highest BCUT2D eigenvalue weighted by atomic mass is 32.1. The first kappa shape index (κ1) is 14.3. The predicted octanol–water partition coefficient (Wildman–Crippen LogP) is 1.71. The molecule has 0 aromatic carbocycles. The van der Waals surface area contributed by atoms with Crippen molar-refractivity contribution in [3.8, 4) is 0 Å². The van der Waals surface area contributed by atoms with Gasteiger partial charge in [0.25, 0.3) is 0 Å². The number of aliphatic hydroxyl groups is 1. The smallest absolute Gasteiger partial charge is 0.195 e. The topological polar surface area (TPSA) is 52.8 Å². The van der Waals surface area contributed by atoms with Gasteiger partial charge < -0.3 is 15.3 Å². The lowest BCUT2D eigenvalue weighted by molar-refractivity contribution is 0.187. The molecule has 19 heavy (non-hydrogen) atoms. The summed E-state index contributed by atoms with van der Waals surface area (Å²) in [5.41, 5.74) is 1.19. The number of fused-ring (bicyclic) bond motifs is 1. The molecule has 0 amide bonds. The average molecular weight is 282 g/mol. The summed E-state index contributed by atoms with van der Waals surface area (Å²) >= 11 is 1.65. The van der Waals surface area contributed by atoms with E-state index in [4.69, 9.17) is 0 Å². The minimum atomic E-state index is -0.275. The molecule has 1 unspecified atom stereocenters. The molecule has 5 nitrogen and oxygen atoms in total. The quantitative estimate of drug-likeness (QED) is 0.812. The summed E-state index contributed by atoms with van der Waals surface area (Å²) in [7, 11) is 2.03. The minimum absolute atomic E-state index is 0.275. The van der Waals surface area contributed by atoms with Crippen molar-refractivity contribution in [3.63, 3.8) is 0 Å². The van der Waals surface area contributed by atoms with Gasteiger partial charge in [-0.05, 0) is 19.9 Å². The normalized spacial score (nSPS) is 13.1. The lowest BCUT2D eigenvalue weighted by atomic mass is 10.2. The number of anilines is 1. The first-order valence-corrected chi connectivity index (χ1v) is 7.55. The zero-order chi connectivity index (χ0) is 13.8. The zero-order valence-corrected chi connectivity index (χ0v) is 12.6. The van der Waals surface area contributed by atoms with Crippen LogP contribution in [0.3, 0.4) is 0 Å². The Morgan fingerprint density at radius 3 is 3.05 bits per heavy atom. The van der Waals surface area contributed by atoms with E-state index in [1.54, 1.807) is 11.3 Å². The first-order chi connectivity index (χ1) is 9.13. The summed E-state index contributed by atoms with van der Waals surface area (Å²) in [6.45, 7) is 6.47. The molecule has 0 radical (unpaired) electrons. The Kier molecular flexibility index (Phi) is 4.79. The number of nitrogens with one attached hydrogen (secondary N) is 1. The van der Waals surface area contributed by atoms with Gasteiger partial charge in [0.05, 0.1) is 11.8 Å². The van der Waals surface area contributed by atoms with Crippen molar-refractivity contribution in [2.45, 2.75) is 32.9 Å². The van der Waals surface area contributed by atoms with Gasteiger partial charge in [-0.3, -0.25) is 4.40 Å². The van der Waals surface area contributed by atoms with Crippen molar-refractivity contribution >= 4 is 22.1 Å². The van der Waals surface area contributed by atoms with E-state index in [-0.39, 0.29) is 6.10 Å². The number of nitrogens with zero attached hydrogens (tertiary/aromatic N) is 3. The molecule has 2 N–H and O–H groups in total. The maximum absolute atomic E-state index is 9.40. The fourth-order valence-electron chi connectivity index (χ4n) is 2.02. The molecule has 0 fully saturated rings. The van der Waals surface area contributed by atoms with E-state index in [0.29, 0.717) is 0 Å². The largest absolute Gasteiger partial charge is 0.393 e. The van der Waals surface area contributed by atoms with Crippen LogP contribution in [-0.4, -0.2) is 40.7 Å². The third kappa shape index (κ3) is 3.26. The van der Waals surface area contributed by atoms with Crippen LogP contribution >= 0.6 is 11.3 Å². The molecule has 2 aromatic rings. The van der Waals surface area contributed by atoms with Crippen molar-refractivity contribution < 1.29 is 5.11 Å². The summed E-state index contributed by atoms with van der Waals surface area (Å²) < 4.78 is 2.14. The molecule has 1 atom stereocenters. The van der Waals surface area contributed by atoms with Crippen LogP contribution in [0.2, 0.25) is 0 Å².